The van der Waals surface area contributed by atoms with Gasteiger partial charge in [0, 0.05) is 32.7 Å². The van der Waals surface area contributed by atoms with Crippen LogP contribution in [-0.4, -0.2) is 58.9 Å². The van der Waals surface area contributed by atoms with E-state index in [4.69, 9.17) is 9.97 Å². The molecule has 0 amide bonds. The lowest BCUT2D eigenvalue weighted by atomic mass is 10.2. The van der Waals surface area contributed by atoms with Gasteiger partial charge in [-0.25, -0.2) is 15.0 Å². The van der Waals surface area contributed by atoms with E-state index < -0.39 is 0 Å². The van der Waals surface area contributed by atoms with Gasteiger partial charge in [0.2, 0.25) is 5.95 Å². The second-order valence-corrected chi connectivity index (χ2v) is 6.97. The van der Waals surface area contributed by atoms with Gasteiger partial charge in [-0.3, -0.25) is 0 Å². The minimum absolute atomic E-state index is 0.773. The summed E-state index contributed by atoms with van der Waals surface area (Å²) in [6.07, 6.45) is 8.52. The van der Waals surface area contributed by atoms with Gasteiger partial charge in [0.1, 0.15) is 22.4 Å². The zero-order valence-electron chi connectivity index (χ0n) is 15.1. The SMILES string of the molecule is CCCCCCNc1nc(N2CCNCC2)nc2c(SC)ncnc12. The molecular weight excluding hydrogens is 334 g/mol. The largest absolute Gasteiger partial charge is 0.368 e. The van der Waals surface area contributed by atoms with Crippen LogP contribution in [-0.2, 0) is 0 Å². The third-order valence-electron chi connectivity index (χ3n) is 4.35. The first-order valence-corrected chi connectivity index (χ1v) is 10.3. The van der Waals surface area contributed by atoms with Crippen molar-refractivity contribution in [3.63, 3.8) is 0 Å². The second kappa shape index (κ2) is 9.15. The van der Waals surface area contributed by atoms with Crippen LogP contribution < -0.4 is 15.5 Å². The fourth-order valence-corrected chi connectivity index (χ4v) is 3.44. The summed E-state index contributed by atoms with van der Waals surface area (Å²) in [7, 11) is 0. The maximum absolute atomic E-state index is 4.79. The molecule has 0 aromatic carbocycles. The standard InChI is InChI=1S/C17H27N7S/c1-3-4-5-6-7-19-15-13-14(16(25-2)21-12-20-13)22-17(23-15)24-10-8-18-9-11-24/h12,18H,3-11H2,1-2H3,(H,19,22,23). The summed E-state index contributed by atoms with van der Waals surface area (Å²) >= 11 is 1.60. The van der Waals surface area contributed by atoms with E-state index >= 15 is 0 Å². The minimum Gasteiger partial charge on any atom is -0.368 e. The van der Waals surface area contributed by atoms with Gasteiger partial charge in [0.05, 0.1) is 0 Å². The van der Waals surface area contributed by atoms with Crippen molar-refractivity contribution in [2.45, 2.75) is 37.6 Å². The molecule has 2 aromatic heterocycles. The Kier molecular flexibility index (Phi) is 6.63. The highest BCUT2D eigenvalue weighted by Crippen LogP contribution is 2.27. The Morgan fingerprint density at radius 2 is 1.96 bits per heavy atom. The molecule has 136 valence electrons. The van der Waals surface area contributed by atoms with Gasteiger partial charge in [-0.05, 0) is 12.7 Å². The predicted octanol–water partition coefficient (Wildman–Crippen LogP) is 2.54. The Morgan fingerprint density at radius 3 is 2.72 bits per heavy atom. The van der Waals surface area contributed by atoms with Gasteiger partial charge in [0.15, 0.2) is 5.82 Å². The Hall–Kier alpha value is -1.67. The first-order valence-electron chi connectivity index (χ1n) is 9.09. The summed E-state index contributed by atoms with van der Waals surface area (Å²) in [5, 5.41) is 7.76. The van der Waals surface area contributed by atoms with Crippen LogP contribution in [0.15, 0.2) is 11.4 Å². The minimum atomic E-state index is 0.773. The molecule has 0 bridgehead atoms. The first kappa shape index (κ1) is 18.1. The molecule has 1 saturated heterocycles. The van der Waals surface area contributed by atoms with Crippen LogP contribution >= 0.6 is 11.8 Å². The van der Waals surface area contributed by atoms with E-state index in [9.17, 15) is 0 Å². The van der Waals surface area contributed by atoms with Gasteiger partial charge in [-0.2, -0.15) is 4.98 Å². The third kappa shape index (κ3) is 4.49. The number of hydrogen-bond donors (Lipinski definition) is 2. The summed E-state index contributed by atoms with van der Waals surface area (Å²) in [5.41, 5.74) is 1.66. The Morgan fingerprint density at radius 1 is 1.12 bits per heavy atom. The Labute approximate surface area is 153 Å². The average molecular weight is 362 g/mol. The Bertz CT molecular complexity index is 688. The predicted molar refractivity (Wildman–Crippen MR) is 105 cm³/mol. The van der Waals surface area contributed by atoms with Crippen LogP contribution in [0, 0.1) is 0 Å². The molecule has 2 N–H and O–H groups in total. The van der Waals surface area contributed by atoms with Crippen molar-refractivity contribution < 1.29 is 0 Å². The number of fused-ring (bicyclic) bond motifs is 1. The van der Waals surface area contributed by atoms with E-state index in [2.05, 4.69) is 32.4 Å². The maximum atomic E-state index is 4.79. The fourth-order valence-electron chi connectivity index (χ4n) is 2.95. The summed E-state index contributed by atoms with van der Waals surface area (Å²) in [6, 6.07) is 0. The summed E-state index contributed by atoms with van der Waals surface area (Å²) in [4.78, 5) is 20.6. The number of nitrogens with zero attached hydrogens (tertiary/aromatic N) is 5. The first-order chi connectivity index (χ1) is 12.3. The lowest BCUT2D eigenvalue weighted by molar-refractivity contribution is 0.580. The molecule has 3 rings (SSSR count). The lowest BCUT2D eigenvalue weighted by Gasteiger charge is -2.28. The number of anilines is 2. The molecule has 25 heavy (non-hydrogen) atoms. The number of hydrogen-bond acceptors (Lipinski definition) is 8. The van der Waals surface area contributed by atoms with Crippen LogP contribution in [0.25, 0.3) is 11.0 Å². The molecule has 0 unspecified atom stereocenters. The summed E-state index contributed by atoms with van der Waals surface area (Å²) in [5.74, 6) is 1.60. The number of rotatable bonds is 8. The van der Waals surface area contributed by atoms with Gasteiger partial charge in [-0.1, -0.05) is 26.2 Å². The molecule has 1 aliphatic rings. The van der Waals surface area contributed by atoms with E-state index in [1.165, 1.54) is 19.3 Å². The smallest absolute Gasteiger partial charge is 0.228 e. The molecule has 0 spiro atoms. The molecular formula is C17H27N7S. The molecule has 1 fully saturated rings. The van der Waals surface area contributed by atoms with E-state index in [-0.39, 0.29) is 0 Å². The van der Waals surface area contributed by atoms with E-state index in [0.717, 1.165) is 67.0 Å². The van der Waals surface area contributed by atoms with Crippen molar-refractivity contribution in [3.8, 4) is 0 Å². The fraction of sp³-hybridized carbons (Fsp3) is 0.647. The normalized spacial score (nSPS) is 14.9. The lowest BCUT2D eigenvalue weighted by Crippen LogP contribution is -2.44. The highest BCUT2D eigenvalue weighted by Gasteiger charge is 2.18. The molecule has 2 aromatic rings. The molecule has 0 aliphatic carbocycles. The van der Waals surface area contributed by atoms with E-state index in [1.54, 1.807) is 18.1 Å². The summed E-state index contributed by atoms with van der Waals surface area (Å²) < 4.78 is 0. The van der Waals surface area contributed by atoms with E-state index in [1.807, 2.05) is 6.26 Å². The van der Waals surface area contributed by atoms with Gasteiger partial charge < -0.3 is 15.5 Å². The molecule has 0 radical (unpaired) electrons. The van der Waals surface area contributed by atoms with Crippen molar-refractivity contribution >= 4 is 34.6 Å². The van der Waals surface area contributed by atoms with Gasteiger partial charge in [0.25, 0.3) is 0 Å². The van der Waals surface area contributed by atoms with Crippen molar-refractivity contribution in [2.75, 3.05) is 49.2 Å². The van der Waals surface area contributed by atoms with Crippen LogP contribution in [0.1, 0.15) is 32.6 Å². The van der Waals surface area contributed by atoms with Gasteiger partial charge >= 0.3 is 0 Å². The molecule has 3 heterocycles. The molecule has 8 heteroatoms. The number of piperazine rings is 1. The van der Waals surface area contributed by atoms with Crippen LogP contribution in [0.4, 0.5) is 11.8 Å². The maximum Gasteiger partial charge on any atom is 0.228 e. The average Bonchev–Trinajstić information content (AvgIpc) is 2.67. The quantitative estimate of drug-likeness (QED) is 0.422. The molecule has 7 nitrogen and oxygen atoms in total. The zero-order valence-corrected chi connectivity index (χ0v) is 15.9. The Balaban J connectivity index is 1.89. The van der Waals surface area contributed by atoms with Gasteiger partial charge in [-0.15, -0.1) is 11.8 Å². The topological polar surface area (TPSA) is 78.9 Å². The monoisotopic (exact) mass is 361 g/mol. The van der Waals surface area contributed by atoms with Crippen molar-refractivity contribution in [2.24, 2.45) is 0 Å². The molecule has 0 atom stereocenters. The van der Waals surface area contributed by atoms with Crippen LogP contribution in [0.5, 0.6) is 0 Å². The number of aromatic nitrogens is 4. The van der Waals surface area contributed by atoms with Crippen molar-refractivity contribution in [1.82, 2.24) is 25.3 Å². The van der Waals surface area contributed by atoms with Crippen LogP contribution in [0.2, 0.25) is 0 Å². The number of nitrogens with one attached hydrogen (secondary N) is 2. The number of thioether (sulfide) groups is 1. The van der Waals surface area contributed by atoms with E-state index in [0.29, 0.717) is 0 Å². The third-order valence-corrected chi connectivity index (χ3v) is 5.04. The molecule has 1 aliphatic heterocycles. The summed E-state index contributed by atoms with van der Waals surface area (Å²) in [6.45, 7) is 6.90. The van der Waals surface area contributed by atoms with Crippen molar-refractivity contribution in [1.29, 1.82) is 0 Å². The van der Waals surface area contributed by atoms with Crippen LogP contribution in [0.3, 0.4) is 0 Å². The molecule has 0 saturated carbocycles. The zero-order chi connectivity index (χ0) is 17.5. The van der Waals surface area contributed by atoms with Crippen molar-refractivity contribution in [3.05, 3.63) is 6.33 Å². The second-order valence-electron chi connectivity index (χ2n) is 6.18. The number of unbranched alkanes of at least 4 members (excludes halogenated alkanes) is 3. The highest BCUT2D eigenvalue weighted by molar-refractivity contribution is 7.98. The highest BCUT2D eigenvalue weighted by atomic mass is 32.2.